The van der Waals surface area contributed by atoms with E-state index in [9.17, 15) is 5.11 Å². The highest BCUT2D eigenvalue weighted by atomic mass is 16.5. The van der Waals surface area contributed by atoms with E-state index in [-0.39, 0.29) is 0 Å². The lowest BCUT2D eigenvalue weighted by molar-refractivity contribution is -0.0156. The van der Waals surface area contributed by atoms with Crippen LogP contribution >= 0.6 is 0 Å². The van der Waals surface area contributed by atoms with Crippen molar-refractivity contribution < 1.29 is 14.6 Å². The Morgan fingerprint density at radius 2 is 2.00 bits per heavy atom. The smallest absolute Gasteiger partial charge is 0.128 e. The van der Waals surface area contributed by atoms with Crippen LogP contribution in [0.4, 0.5) is 0 Å². The van der Waals surface area contributed by atoms with Gasteiger partial charge in [-0.1, -0.05) is 19.9 Å². The summed E-state index contributed by atoms with van der Waals surface area (Å²) in [5.41, 5.74) is 1.05. The van der Waals surface area contributed by atoms with E-state index in [4.69, 9.17) is 9.47 Å². The van der Waals surface area contributed by atoms with Crippen molar-refractivity contribution in [3.63, 3.8) is 0 Å². The Hall–Kier alpha value is -1.56. The second-order valence-corrected chi connectivity index (χ2v) is 7.39. The van der Waals surface area contributed by atoms with E-state index in [0.717, 1.165) is 49.2 Å². The minimum absolute atomic E-state index is 0.314. The van der Waals surface area contributed by atoms with Crippen LogP contribution in [0.15, 0.2) is 30.5 Å². The summed E-state index contributed by atoms with van der Waals surface area (Å²) in [6.45, 7) is 8.12. The Morgan fingerprint density at radius 1 is 1.20 bits per heavy atom. The zero-order valence-corrected chi connectivity index (χ0v) is 15.3. The van der Waals surface area contributed by atoms with Crippen molar-refractivity contribution in [2.45, 2.75) is 38.9 Å². The van der Waals surface area contributed by atoms with Gasteiger partial charge in [0.15, 0.2) is 0 Å². The molecule has 0 radical (unpaired) electrons. The fraction of sp³-hybridized carbons (Fsp3) is 0.600. The van der Waals surface area contributed by atoms with Gasteiger partial charge in [-0.05, 0) is 37.0 Å². The molecular formula is C20H30N2O3. The van der Waals surface area contributed by atoms with Crippen molar-refractivity contribution in [2.24, 2.45) is 5.92 Å². The zero-order chi connectivity index (χ0) is 17.6. The van der Waals surface area contributed by atoms with Crippen molar-refractivity contribution in [1.29, 1.82) is 0 Å². The molecule has 2 aromatic rings. The van der Waals surface area contributed by atoms with Crippen LogP contribution in [-0.4, -0.2) is 60.0 Å². The first-order valence-corrected chi connectivity index (χ1v) is 9.32. The standard InChI is InChI=1S/C20H30N2O3/c1-15(2)13-24-17-7-10-22(11-8-17)12-16(23)14-25-20-5-3-4-19-18(20)6-9-21-19/h3-6,9,15-17,21,23H,7-8,10-14H2,1-2H3. The number of benzene rings is 1. The minimum atomic E-state index is -0.484. The lowest BCUT2D eigenvalue weighted by Gasteiger charge is -2.33. The molecule has 1 aromatic carbocycles. The molecule has 0 aliphatic carbocycles. The topological polar surface area (TPSA) is 57.7 Å². The third-order valence-corrected chi connectivity index (χ3v) is 4.65. The molecule has 1 saturated heterocycles. The molecule has 1 fully saturated rings. The summed E-state index contributed by atoms with van der Waals surface area (Å²) in [7, 11) is 0. The number of aromatic nitrogens is 1. The second-order valence-electron chi connectivity index (χ2n) is 7.39. The number of rotatable bonds is 8. The van der Waals surface area contributed by atoms with Gasteiger partial charge in [0.25, 0.3) is 0 Å². The number of fused-ring (bicyclic) bond motifs is 1. The molecule has 5 nitrogen and oxygen atoms in total. The molecule has 1 unspecified atom stereocenters. The van der Waals surface area contributed by atoms with Crippen molar-refractivity contribution in [1.82, 2.24) is 9.88 Å². The van der Waals surface area contributed by atoms with Gasteiger partial charge < -0.3 is 24.5 Å². The Bertz CT molecular complexity index is 647. The summed E-state index contributed by atoms with van der Waals surface area (Å²) in [5.74, 6) is 1.40. The minimum Gasteiger partial charge on any atom is -0.490 e. The van der Waals surface area contributed by atoms with E-state index < -0.39 is 6.10 Å². The van der Waals surface area contributed by atoms with Crippen LogP contribution < -0.4 is 4.74 Å². The lowest BCUT2D eigenvalue weighted by Crippen LogP contribution is -2.42. The van der Waals surface area contributed by atoms with E-state index in [0.29, 0.717) is 25.2 Å². The summed E-state index contributed by atoms with van der Waals surface area (Å²) >= 11 is 0. The highest BCUT2D eigenvalue weighted by Crippen LogP contribution is 2.24. The average molecular weight is 346 g/mol. The normalized spacial score (nSPS) is 18.1. The van der Waals surface area contributed by atoms with Crippen LogP contribution in [-0.2, 0) is 4.74 Å². The van der Waals surface area contributed by atoms with Crippen LogP contribution in [0, 0.1) is 5.92 Å². The molecule has 0 bridgehead atoms. The number of piperidine rings is 1. The molecule has 5 heteroatoms. The van der Waals surface area contributed by atoms with E-state index >= 15 is 0 Å². The molecule has 1 aromatic heterocycles. The molecule has 2 N–H and O–H groups in total. The van der Waals surface area contributed by atoms with Crippen molar-refractivity contribution in [3.8, 4) is 5.75 Å². The van der Waals surface area contributed by atoms with Crippen LogP contribution in [0.2, 0.25) is 0 Å². The summed E-state index contributed by atoms with van der Waals surface area (Å²) in [4.78, 5) is 5.48. The largest absolute Gasteiger partial charge is 0.490 e. The fourth-order valence-electron chi connectivity index (χ4n) is 3.31. The molecule has 1 aliphatic heterocycles. The number of H-pyrrole nitrogens is 1. The molecule has 2 heterocycles. The van der Waals surface area contributed by atoms with Crippen molar-refractivity contribution >= 4 is 10.9 Å². The molecular weight excluding hydrogens is 316 g/mol. The van der Waals surface area contributed by atoms with Crippen molar-refractivity contribution in [2.75, 3.05) is 32.8 Å². The Morgan fingerprint density at radius 3 is 2.76 bits per heavy atom. The molecule has 0 spiro atoms. The Labute approximate surface area is 149 Å². The van der Waals surface area contributed by atoms with E-state index in [2.05, 4.69) is 23.7 Å². The predicted octanol–water partition coefficient (Wildman–Crippen LogP) is 3.04. The van der Waals surface area contributed by atoms with Gasteiger partial charge in [-0.15, -0.1) is 0 Å². The van der Waals surface area contributed by atoms with Crippen LogP contribution in [0.1, 0.15) is 26.7 Å². The summed E-state index contributed by atoms with van der Waals surface area (Å²) in [6.07, 6.45) is 3.88. The summed E-state index contributed by atoms with van der Waals surface area (Å²) in [6, 6.07) is 7.92. The monoisotopic (exact) mass is 346 g/mol. The van der Waals surface area contributed by atoms with Gasteiger partial charge in [0.05, 0.1) is 6.10 Å². The Balaban J connectivity index is 1.40. The van der Waals surface area contributed by atoms with Crippen LogP contribution in [0.3, 0.4) is 0 Å². The number of nitrogens with one attached hydrogen (secondary N) is 1. The molecule has 25 heavy (non-hydrogen) atoms. The molecule has 3 rings (SSSR count). The van der Waals surface area contributed by atoms with Crippen LogP contribution in [0.5, 0.6) is 5.75 Å². The quantitative estimate of drug-likeness (QED) is 0.771. The number of aromatic amines is 1. The fourth-order valence-corrected chi connectivity index (χ4v) is 3.31. The van der Waals surface area contributed by atoms with E-state index in [1.165, 1.54) is 0 Å². The first-order valence-electron chi connectivity index (χ1n) is 9.32. The number of β-amino-alcohol motifs (C(OH)–C–C–N with tert-alkyl or cyclic N) is 1. The van der Waals surface area contributed by atoms with Gasteiger partial charge in [0.1, 0.15) is 18.5 Å². The molecule has 1 aliphatic rings. The second kappa shape index (κ2) is 8.70. The van der Waals surface area contributed by atoms with Gasteiger partial charge >= 0.3 is 0 Å². The maximum atomic E-state index is 10.3. The average Bonchev–Trinajstić information content (AvgIpc) is 3.08. The number of hydrogen-bond donors (Lipinski definition) is 2. The van der Waals surface area contributed by atoms with E-state index in [1.54, 1.807) is 0 Å². The zero-order valence-electron chi connectivity index (χ0n) is 15.3. The molecule has 0 amide bonds. The Kier molecular flexibility index (Phi) is 6.34. The molecule has 0 saturated carbocycles. The number of aliphatic hydroxyl groups excluding tert-OH is 1. The van der Waals surface area contributed by atoms with E-state index in [1.807, 2.05) is 30.5 Å². The molecule has 138 valence electrons. The number of likely N-dealkylation sites (tertiary alicyclic amines) is 1. The van der Waals surface area contributed by atoms with Gasteiger partial charge in [-0.3, -0.25) is 0 Å². The highest BCUT2D eigenvalue weighted by molar-refractivity contribution is 5.85. The van der Waals surface area contributed by atoms with Gasteiger partial charge in [-0.2, -0.15) is 0 Å². The highest BCUT2D eigenvalue weighted by Gasteiger charge is 2.22. The third kappa shape index (κ3) is 5.21. The summed E-state index contributed by atoms with van der Waals surface area (Å²) in [5, 5.41) is 11.4. The molecule has 1 atom stereocenters. The third-order valence-electron chi connectivity index (χ3n) is 4.65. The lowest BCUT2D eigenvalue weighted by atomic mass is 10.1. The maximum absolute atomic E-state index is 10.3. The number of hydrogen-bond acceptors (Lipinski definition) is 4. The first kappa shape index (κ1) is 18.2. The van der Waals surface area contributed by atoms with Gasteiger partial charge in [0, 0.05) is 43.3 Å². The van der Waals surface area contributed by atoms with Gasteiger partial charge in [0.2, 0.25) is 0 Å². The first-order chi connectivity index (χ1) is 12.1. The number of aliphatic hydroxyl groups is 1. The number of ether oxygens (including phenoxy) is 2. The SMILES string of the molecule is CC(C)COC1CCN(CC(O)COc2cccc3[nH]ccc23)CC1. The summed E-state index contributed by atoms with van der Waals surface area (Å²) < 4.78 is 11.8. The van der Waals surface area contributed by atoms with Gasteiger partial charge in [-0.25, -0.2) is 0 Å². The predicted molar refractivity (Wildman–Crippen MR) is 100 cm³/mol. The number of nitrogens with zero attached hydrogens (tertiary/aromatic N) is 1. The maximum Gasteiger partial charge on any atom is 0.128 e. The van der Waals surface area contributed by atoms with Crippen LogP contribution in [0.25, 0.3) is 10.9 Å². The van der Waals surface area contributed by atoms with Crippen molar-refractivity contribution in [3.05, 3.63) is 30.5 Å².